The minimum atomic E-state index is -0.994. The second kappa shape index (κ2) is 5.50. The quantitative estimate of drug-likeness (QED) is 0.781. The van der Waals surface area contributed by atoms with Crippen molar-refractivity contribution in [1.29, 1.82) is 0 Å². The third-order valence-corrected chi connectivity index (χ3v) is 3.52. The molecule has 0 spiro atoms. The fraction of sp³-hybridized carbons (Fsp3) is 0.429. The Balaban J connectivity index is 2.24. The fourth-order valence-electron chi connectivity index (χ4n) is 2.55. The van der Waals surface area contributed by atoms with E-state index in [9.17, 15) is 14.7 Å². The number of aliphatic carboxylic acids is 1. The molecule has 0 aromatic heterocycles. The van der Waals surface area contributed by atoms with Crippen LogP contribution >= 0.6 is 0 Å². The van der Waals surface area contributed by atoms with Crippen molar-refractivity contribution in [2.24, 2.45) is 5.92 Å². The van der Waals surface area contributed by atoms with E-state index < -0.39 is 24.0 Å². The average Bonchev–Trinajstić information content (AvgIpc) is 2.38. The van der Waals surface area contributed by atoms with Gasteiger partial charge in [-0.1, -0.05) is 0 Å². The van der Waals surface area contributed by atoms with Crippen LogP contribution in [0.25, 0.3) is 0 Å². The van der Waals surface area contributed by atoms with Crippen LogP contribution in [0.2, 0.25) is 0 Å². The highest BCUT2D eigenvalue weighted by Crippen LogP contribution is 2.37. The Labute approximate surface area is 116 Å². The first-order valence-electron chi connectivity index (χ1n) is 6.32. The number of anilines is 1. The zero-order chi connectivity index (χ0) is 14.9. The third-order valence-electron chi connectivity index (χ3n) is 3.52. The van der Waals surface area contributed by atoms with Crippen molar-refractivity contribution >= 4 is 17.6 Å². The number of carbonyl (C=O) groups is 2. The van der Waals surface area contributed by atoms with Gasteiger partial charge in [0, 0.05) is 5.69 Å². The number of hydrogen-bond acceptors (Lipinski definition) is 4. The number of carbonyl (C=O) groups excluding carboxylic acids is 1. The minimum Gasteiger partial charge on any atom is -0.497 e. The molecule has 1 aromatic rings. The van der Waals surface area contributed by atoms with Crippen LogP contribution in [0.15, 0.2) is 24.3 Å². The van der Waals surface area contributed by atoms with E-state index in [0.29, 0.717) is 11.4 Å². The maximum absolute atomic E-state index is 12.1. The summed E-state index contributed by atoms with van der Waals surface area (Å²) in [5.41, 5.74) is 0.610. The number of carboxylic acid groups (broad SMARTS) is 1. The van der Waals surface area contributed by atoms with Gasteiger partial charge in [-0.2, -0.15) is 0 Å². The Kier molecular flexibility index (Phi) is 3.94. The van der Waals surface area contributed by atoms with Gasteiger partial charge >= 0.3 is 5.97 Å². The van der Waals surface area contributed by atoms with Crippen LogP contribution in [0.3, 0.4) is 0 Å². The molecular weight excluding hydrogens is 262 g/mol. The number of hydrogen-bond donors (Lipinski definition) is 2. The minimum absolute atomic E-state index is 0.187. The number of carboxylic acids is 1. The van der Waals surface area contributed by atoms with Crippen LogP contribution in [-0.2, 0) is 9.59 Å². The SMILES string of the molecule is COc1ccc(N2C(=O)[C@H]([C@@H](C)O)[C@H]2CC(=O)O)cc1. The van der Waals surface area contributed by atoms with Gasteiger partial charge in [-0.15, -0.1) is 0 Å². The van der Waals surface area contributed by atoms with Crippen molar-refractivity contribution in [3.05, 3.63) is 24.3 Å². The molecule has 3 atom stereocenters. The lowest BCUT2D eigenvalue weighted by molar-refractivity contribution is -0.142. The zero-order valence-electron chi connectivity index (χ0n) is 11.3. The maximum atomic E-state index is 12.1. The molecule has 2 N–H and O–H groups in total. The molecule has 20 heavy (non-hydrogen) atoms. The second-order valence-corrected chi connectivity index (χ2v) is 4.84. The first kappa shape index (κ1) is 14.3. The lowest BCUT2D eigenvalue weighted by Gasteiger charge is -2.47. The molecule has 1 heterocycles. The summed E-state index contributed by atoms with van der Waals surface area (Å²) in [5, 5.41) is 18.6. The van der Waals surface area contributed by atoms with E-state index in [4.69, 9.17) is 9.84 Å². The Hall–Kier alpha value is -2.08. The summed E-state index contributed by atoms with van der Waals surface area (Å²) in [6.07, 6.45) is -1.05. The Bertz CT molecular complexity index is 511. The Morgan fingerprint density at radius 3 is 2.45 bits per heavy atom. The summed E-state index contributed by atoms with van der Waals surface area (Å²) in [7, 11) is 1.54. The van der Waals surface area contributed by atoms with E-state index in [1.54, 1.807) is 31.4 Å². The van der Waals surface area contributed by atoms with Gasteiger partial charge in [0.1, 0.15) is 5.75 Å². The Morgan fingerprint density at radius 2 is 2.00 bits per heavy atom. The van der Waals surface area contributed by atoms with Gasteiger partial charge in [0.2, 0.25) is 5.91 Å². The number of amides is 1. The highest BCUT2D eigenvalue weighted by atomic mass is 16.5. The molecule has 6 heteroatoms. The maximum Gasteiger partial charge on any atom is 0.305 e. The number of benzene rings is 1. The van der Waals surface area contributed by atoms with Crippen LogP contribution < -0.4 is 9.64 Å². The van der Waals surface area contributed by atoms with Crippen molar-refractivity contribution in [2.45, 2.75) is 25.5 Å². The van der Waals surface area contributed by atoms with E-state index in [0.717, 1.165) is 0 Å². The van der Waals surface area contributed by atoms with Crippen LogP contribution in [-0.4, -0.2) is 41.3 Å². The summed E-state index contributed by atoms with van der Waals surface area (Å²) < 4.78 is 5.04. The molecule has 1 fully saturated rings. The molecule has 1 amide bonds. The molecule has 6 nitrogen and oxygen atoms in total. The number of methoxy groups -OCH3 is 1. The number of β-lactam (4-membered cyclic amide) rings is 1. The topological polar surface area (TPSA) is 87.1 Å². The van der Waals surface area contributed by atoms with E-state index in [-0.39, 0.29) is 12.3 Å². The number of aliphatic hydroxyl groups is 1. The van der Waals surface area contributed by atoms with Gasteiger partial charge in [-0.3, -0.25) is 9.59 Å². The molecule has 1 aliphatic rings. The predicted molar refractivity (Wildman–Crippen MR) is 71.7 cm³/mol. The highest BCUT2D eigenvalue weighted by Gasteiger charge is 2.51. The monoisotopic (exact) mass is 279 g/mol. The van der Waals surface area contributed by atoms with Gasteiger partial charge in [0.05, 0.1) is 31.6 Å². The summed E-state index contributed by atoms with van der Waals surface area (Å²) in [5.74, 6) is -1.25. The van der Waals surface area contributed by atoms with Crippen molar-refractivity contribution in [1.82, 2.24) is 0 Å². The molecule has 0 radical (unpaired) electrons. The smallest absolute Gasteiger partial charge is 0.305 e. The van der Waals surface area contributed by atoms with Crippen molar-refractivity contribution in [3.63, 3.8) is 0 Å². The summed E-state index contributed by atoms with van der Waals surface area (Å²) in [6, 6.07) is 6.29. The molecule has 0 aliphatic carbocycles. The standard InChI is InChI=1S/C14H17NO5/c1-8(16)13-11(7-12(17)18)15(14(13)19)9-3-5-10(20-2)6-4-9/h3-6,8,11,13,16H,7H2,1-2H3,(H,17,18)/t8-,11-,13-/m1/s1. The average molecular weight is 279 g/mol. The number of nitrogens with zero attached hydrogens (tertiary/aromatic N) is 1. The third kappa shape index (κ3) is 2.46. The van der Waals surface area contributed by atoms with Gasteiger partial charge in [-0.25, -0.2) is 0 Å². The van der Waals surface area contributed by atoms with Crippen molar-refractivity contribution < 1.29 is 24.5 Å². The van der Waals surface area contributed by atoms with Crippen molar-refractivity contribution in [2.75, 3.05) is 12.0 Å². The molecule has 0 bridgehead atoms. The largest absolute Gasteiger partial charge is 0.497 e. The van der Waals surface area contributed by atoms with E-state index in [2.05, 4.69) is 0 Å². The van der Waals surface area contributed by atoms with E-state index in [1.807, 2.05) is 0 Å². The van der Waals surface area contributed by atoms with Crippen molar-refractivity contribution in [3.8, 4) is 5.75 Å². The molecule has 108 valence electrons. The lowest BCUT2D eigenvalue weighted by Crippen LogP contribution is -2.65. The second-order valence-electron chi connectivity index (χ2n) is 4.84. The zero-order valence-corrected chi connectivity index (χ0v) is 11.3. The first-order chi connectivity index (χ1) is 9.45. The molecular formula is C14H17NO5. The van der Waals surface area contributed by atoms with E-state index in [1.165, 1.54) is 11.8 Å². The number of ether oxygens (including phenoxy) is 1. The normalized spacial score (nSPS) is 23.1. The predicted octanol–water partition coefficient (Wildman–Crippen LogP) is 0.882. The molecule has 1 aliphatic heterocycles. The van der Waals surface area contributed by atoms with Gasteiger partial charge in [0.25, 0.3) is 0 Å². The van der Waals surface area contributed by atoms with E-state index >= 15 is 0 Å². The molecule has 0 unspecified atom stereocenters. The number of aliphatic hydroxyl groups excluding tert-OH is 1. The Morgan fingerprint density at radius 1 is 1.40 bits per heavy atom. The number of rotatable bonds is 5. The summed E-state index contributed by atoms with van der Waals surface area (Å²) in [4.78, 5) is 24.4. The van der Waals surface area contributed by atoms with Crippen LogP contribution in [0, 0.1) is 5.92 Å². The highest BCUT2D eigenvalue weighted by molar-refractivity contribution is 6.04. The van der Waals surface area contributed by atoms with Gasteiger partial charge in [0.15, 0.2) is 0 Å². The fourth-order valence-corrected chi connectivity index (χ4v) is 2.55. The lowest BCUT2D eigenvalue weighted by atomic mass is 9.81. The molecule has 0 saturated carbocycles. The molecule has 1 saturated heterocycles. The summed E-state index contributed by atoms with van der Waals surface area (Å²) >= 11 is 0. The first-order valence-corrected chi connectivity index (χ1v) is 6.32. The van der Waals surface area contributed by atoms with Crippen LogP contribution in [0.5, 0.6) is 5.75 Å². The van der Waals surface area contributed by atoms with Crippen LogP contribution in [0.4, 0.5) is 5.69 Å². The molecule has 2 rings (SSSR count). The summed E-state index contributed by atoms with van der Waals surface area (Å²) in [6.45, 7) is 1.50. The molecule has 1 aromatic carbocycles. The van der Waals surface area contributed by atoms with Gasteiger partial charge in [-0.05, 0) is 31.2 Å². The van der Waals surface area contributed by atoms with Gasteiger partial charge < -0.3 is 19.8 Å². The van der Waals surface area contributed by atoms with Crippen LogP contribution in [0.1, 0.15) is 13.3 Å².